The minimum atomic E-state index is -0.671. The molecule has 1 rings (SSSR count). The molecule has 0 heterocycles. The molecule has 0 spiro atoms. The maximum Gasteiger partial charge on any atom is 0.312 e. The fourth-order valence-corrected chi connectivity index (χ4v) is 1.42. The van der Waals surface area contributed by atoms with E-state index in [0.717, 1.165) is 0 Å². The summed E-state index contributed by atoms with van der Waals surface area (Å²) in [5.74, 6) is 4.30. The van der Waals surface area contributed by atoms with Crippen LogP contribution in [0.1, 0.15) is 15.9 Å². The summed E-state index contributed by atoms with van der Waals surface area (Å²) < 4.78 is 13.1. The molecule has 6 N–H and O–H groups in total. The van der Waals surface area contributed by atoms with E-state index in [9.17, 15) is 14.0 Å². The van der Waals surface area contributed by atoms with E-state index in [1.807, 2.05) is 0 Å². The number of urea groups is 1. The molecule has 0 saturated heterocycles. The average molecular weight is 278 g/mol. The largest absolute Gasteiger partial charge is 0.352 e. The number of amides is 3. The van der Waals surface area contributed by atoms with Crippen LogP contribution in [0.15, 0.2) is 18.2 Å². The van der Waals surface area contributed by atoms with Crippen LogP contribution in [0, 0.1) is 17.7 Å². The number of hydrogen-bond donors (Lipinski definition) is 4. The lowest BCUT2D eigenvalue weighted by Gasteiger charge is -2.07. The molecular weight excluding hydrogens is 263 g/mol. The van der Waals surface area contributed by atoms with Crippen molar-refractivity contribution in [3.05, 3.63) is 35.1 Å². The van der Waals surface area contributed by atoms with Gasteiger partial charge in [0.05, 0.1) is 12.1 Å². The van der Waals surface area contributed by atoms with Gasteiger partial charge in [-0.25, -0.2) is 9.18 Å². The van der Waals surface area contributed by atoms with Crippen LogP contribution in [-0.4, -0.2) is 31.6 Å². The third-order valence-electron chi connectivity index (χ3n) is 2.26. The first-order chi connectivity index (χ1) is 9.54. The van der Waals surface area contributed by atoms with Crippen LogP contribution >= 0.6 is 0 Å². The molecule has 1 aromatic rings. The van der Waals surface area contributed by atoms with Gasteiger partial charge in [-0.3, -0.25) is 4.79 Å². The van der Waals surface area contributed by atoms with Gasteiger partial charge in [-0.2, -0.15) is 0 Å². The number of halogens is 1. The second-order valence-electron chi connectivity index (χ2n) is 3.74. The van der Waals surface area contributed by atoms with Gasteiger partial charge in [0.15, 0.2) is 0 Å². The molecule has 0 aliphatic heterocycles. The number of carbonyl (C=O) groups is 2. The first-order valence-corrected chi connectivity index (χ1v) is 5.84. The Labute approximate surface area is 115 Å². The molecule has 0 aromatic heterocycles. The summed E-state index contributed by atoms with van der Waals surface area (Å²) in [6, 6.07) is 3.01. The van der Waals surface area contributed by atoms with E-state index in [4.69, 9.17) is 11.5 Å². The molecule has 0 bridgehead atoms. The van der Waals surface area contributed by atoms with E-state index in [-0.39, 0.29) is 30.8 Å². The Hall–Kier alpha value is -2.59. The van der Waals surface area contributed by atoms with E-state index >= 15 is 0 Å². The van der Waals surface area contributed by atoms with Crippen molar-refractivity contribution >= 4 is 11.9 Å². The van der Waals surface area contributed by atoms with E-state index in [1.54, 1.807) is 0 Å². The zero-order valence-corrected chi connectivity index (χ0v) is 10.7. The lowest BCUT2D eigenvalue weighted by molar-refractivity contribution is 0.0953. The van der Waals surface area contributed by atoms with E-state index in [0.29, 0.717) is 0 Å². The zero-order valence-electron chi connectivity index (χ0n) is 10.7. The smallest absolute Gasteiger partial charge is 0.312 e. The zero-order chi connectivity index (χ0) is 15.0. The number of nitrogens with two attached hydrogens (primary N) is 2. The van der Waals surface area contributed by atoms with Crippen molar-refractivity contribution in [1.82, 2.24) is 10.6 Å². The SMILES string of the molecule is NCC#Cc1cc(F)ccc1C(=O)NCCNC(N)=O. The van der Waals surface area contributed by atoms with Crippen molar-refractivity contribution < 1.29 is 14.0 Å². The lowest BCUT2D eigenvalue weighted by atomic mass is 10.1. The summed E-state index contributed by atoms with van der Waals surface area (Å²) >= 11 is 0. The predicted molar refractivity (Wildman–Crippen MR) is 72.3 cm³/mol. The van der Waals surface area contributed by atoms with Crippen molar-refractivity contribution in [3.8, 4) is 11.8 Å². The molecule has 0 fully saturated rings. The van der Waals surface area contributed by atoms with Gasteiger partial charge in [0, 0.05) is 18.7 Å². The number of carbonyl (C=O) groups excluding carboxylic acids is 2. The quantitative estimate of drug-likeness (QED) is 0.441. The van der Waals surface area contributed by atoms with E-state index < -0.39 is 17.8 Å². The highest BCUT2D eigenvalue weighted by Gasteiger charge is 2.10. The molecule has 0 radical (unpaired) electrons. The number of nitrogens with one attached hydrogen (secondary N) is 2. The van der Waals surface area contributed by atoms with Gasteiger partial charge >= 0.3 is 6.03 Å². The Bertz CT molecular complexity index is 563. The highest BCUT2D eigenvalue weighted by molar-refractivity contribution is 5.96. The van der Waals surface area contributed by atoms with Crippen LogP contribution < -0.4 is 22.1 Å². The number of rotatable bonds is 4. The molecular formula is C13H15FN4O2. The molecule has 6 nitrogen and oxygen atoms in total. The molecule has 0 unspecified atom stereocenters. The van der Waals surface area contributed by atoms with Crippen molar-refractivity contribution in [2.75, 3.05) is 19.6 Å². The summed E-state index contributed by atoms with van der Waals surface area (Å²) in [5.41, 5.74) is 10.6. The number of primary amides is 1. The third-order valence-corrected chi connectivity index (χ3v) is 2.26. The van der Waals surface area contributed by atoms with Gasteiger partial charge in [0.25, 0.3) is 5.91 Å². The van der Waals surface area contributed by atoms with Gasteiger partial charge in [-0.1, -0.05) is 11.8 Å². The van der Waals surface area contributed by atoms with Gasteiger partial charge < -0.3 is 22.1 Å². The van der Waals surface area contributed by atoms with Gasteiger partial charge in [-0.15, -0.1) is 0 Å². The maximum absolute atomic E-state index is 13.1. The van der Waals surface area contributed by atoms with Crippen molar-refractivity contribution in [3.63, 3.8) is 0 Å². The van der Waals surface area contributed by atoms with Gasteiger partial charge in [0.1, 0.15) is 5.82 Å². The summed E-state index contributed by atoms with van der Waals surface area (Å²) in [6.45, 7) is 0.509. The first-order valence-electron chi connectivity index (χ1n) is 5.84. The summed E-state index contributed by atoms with van der Waals surface area (Å²) in [6.07, 6.45) is 0. The molecule has 1 aromatic carbocycles. The van der Waals surface area contributed by atoms with Gasteiger partial charge in [0.2, 0.25) is 0 Å². The minimum Gasteiger partial charge on any atom is -0.352 e. The molecule has 106 valence electrons. The van der Waals surface area contributed by atoms with Crippen LogP contribution in [0.25, 0.3) is 0 Å². The van der Waals surface area contributed by atoms with Crippen LogP contribution in [0.5, 0.6) is 0 Å². The van der Waals surface area contributed by atoms with Crippen LogP contribution in [0.4, 0.5) is 9.18 Å². The van der Waals surface area contributed by atoms with E-state index in [1.165, 1.54) is 18.2 Å². The summed E-state index contributed by atoms with van der Waals surface area (Å²) in [4.78, 5) is 22.4. The molecule has 0 saturated carbocycles. The van der Waals surface area contributed by atoms with E-state index in [2.05, 4.69) is 22.5 Å². The summed E-state index contributed by atoms with van der Waals surface area (Å²) in [5, 5.41) is 4.89. The number of benzene rings is 1. The topological polar surface area (TPSA) is 110 Å². The third kappa shape index (κ3) is 4.96. The van der Waals surface area contributed by atoms with Crippen molar-refractivity contribution in [2.45, 2.75) is 0 Å². The Balaban J connectivity index is 2.74. The van der Waals surface area contributed by atoms with Crippen LogP contribution in [0.3, 0.4) is 0 Å². The molecule has 7 heteroatoms. The highest BCUT2D eigenvalue weighted by atomic mass is 19.1. The monoisotopic (exact) mass is 278 g/mol. The summed E-state index contributed by atoms with van der Waals surface area (Å²) in [7, 11) is 0. The average Bonchev–Trinajstić information content (AvgIpc) is 2.41. The van der Waals surface area contributed by atoms with Crippen LogP contribution in [-0.2, 0) is 0 Å². The lowest BCUT2D eigenvalue weighted by Crippen LogP contribution is -2.37. The van der Waals surface area contributed by atoms with Crippen LogP contribution in [0.2, 0.25) is 0 Å². The predicted octanol–water partition coefficient (Wildman–Crippen LogP) is -0.466. The second kappa shape index (κ2) is 7.76. The Morgan fingerprint density at radius 2 is 1.95 bits per heavy atom. The fraction of sp³-hybridized carbons (Fsp3) is 0.231. The number of hydrogen-bond acceptors (Lipinski definition) is 3. The Kier molecular flexibility index (Phi) is 6.00. The molecule has 20 heavy (non-hydrogen) atoms. The Morgan fingerprint density at radius 1 is 1.25 bits per heavy atom. The molecule has 3 amide bonds. The minimum absolute atomic E-state index is 0.111. The molecule has 0 atom stereocenters. The molecule has 0 aliphatic carbocycles. The standard InChI is InChI=1S/C13H15FN4O2/c14-10-3-4-11(9(8-10)2-1-5-15)12(19)17-6-7-18-13(16)20/h3-4,8H,5-7,15H2,(H,17,19)(H3,16,18,20). The Morgan fingerprint density at radius 3 is 2.60 bits per heavy atom. The normalized spacial score (nSPS) is 9.30. The fourth-order valence-electron chi connectivity index (χ4n) is 1.42. The van der Waals surface area contributed by atoms with Crippen molar-refractivity contribution in [2.24, 2.45) is 11.5 Å². The van der Waals surface area contributed by atoms with Gasteiger partial charge in [-0.05, 0) is 18.2 Å². The highest BCUT2D eigenvalue weighted by Crippen LogP contribution is 2.10. The first kappa shape index (κ1) is 15.5. The molecule has 0 aliphatic rings. The second-order valence-corrected chi connectivity index (χ2v) is 3.74. The van der Waals surface area contributed by atoms with Crippen molar-refractivity contribution in [1.29, 1.82) is 0 Å². The maximum atomic E-state index is 13.1.